The number of aromatic nitrogens is 1. The van der Waals surface area contributed by atoms with Gasteiger partial charge in [-0.3, -0.25) is 19.8 Å². The van der Waals surface area contributed by atoms with E-state index in [-0.39, 0.29) is 26.3 Å². The first kappa shape index (κ1) is 15.5. The molecule has 110 valence electrons. The molecule has 0 amide bonds. The van der Waals surface area contributed by atoms with Crippen LogP contribution in [0.25, 0.3) is 0 Å². The third-order valence-electron chi connectivity index (χ3n) is 2.42. The van der Waals surface area contributed by atoms with Gasteiger partial charge in [-0.05, 0) is 18.2 Å². The van der Waals surface area contributed by atoms with Gasteiger partial charge in [-0.25, -0.2) is 8.42 Å². The molecule has 2 aromatic rings. The first-order valence-electron chi connectivity index (χ1n) is 5.37. The summed E-state index contributed by atoms with van der Waals surface area (Å²) in [7, 11) is -3.97. The average molecular weight is 348 g/mol. The number of hydrogen-bond donors (Lipinski definition) is 1. The smallest absolute Gasteiger partial charge is 0.279 e. The van der Waals surface area contributed by atoms with Gasteiger partial charge in [0, 0.05) is 18.5 Å². The van der Waals surface area contributed by atoms with Gasteiger partial charge >= 0.3 is 0 Å². The van der Waals surface area contributed by atoms with E-state index in [0.29, 0.717) is 0 Å². The lowest BCUT2D eigenvalue weighted by molar-refractivity contribution is -0.384. The van der Waals surface area contributed by atoms with Gasteiger partial charge in [0.15, 0.2) is 0 Å². The molecule has 0 radical (unpaired) electrons. The van der Waals surface area contributed by atoms with Crippen LogP contribution < -0.4 is 4.72 Å². The fraction of sp³-hybridized carbons (Fsp3) is 0. The topological polar surface area (TPSA) is 102 Å². The Morgan fingerprint density at radius 1 is 1.19 bits per heavy atom. The van der Waals surface area contributed by atoms with Crippen LogP contribution in [0.1, 0.15) is 0 Å². The van der Waals surface area contributed by atoms with Crippen molar-refractivity contribution in [3.63, 3.8) is 0 Å². The molecular formula is C11H7Cl2N3O4S. The molecule has 0 unspecified atom stereocenters. The summed E-state index contributed by atoms with van der Waals surface area (Å²) in [6.45, 7) is 0. The summed E-state index contributed by atoms with van der Waals surface area (Å²) in [4.78, 5) is 13.5. The van der Waals surface area contributed by atoms with E-state index >= 15 is 0 Å². The zero-order valence-corrected chi connectivity index (χ0v) is 12.5. The number of nitrogens with zero attached hydrogens (tertiary/aromatic N) is 2. The lowest BCUT2D eigenvalue weighted by Crippen LogP contribution is -2.13. The Bertz CT molecular complexity index is 811. The van der Waals surface area contributed by atoms with Gasteiger partial charge in [0.05, 0.1) is 15.6 Å². The molecule has 0 aliphatic heterocycles. The van der Waals surface area contributed by atoms with Crippen LogP contribution in [-0.2, 0) is 10.0 Å². The van der Waals surface area contributed by atoms with Crippen LogP contribution in [0.4, 0.5) is 11.4 Å². The largest absolute Gasteiger partial charge is 0.288 e. The van der Waals surface area contributed by atoms with E-state index in [2.05, 4.69) is 9.71 Å². The third-order valence-corrected chi connectivity index (χ3v) is 4.57. The van der Waals surface area contributed by atoms with Crippen molar-refractivity contribution in [2.45, 2.75) is 4.90 Å². The number of rotatable bonds is 4. The second kappa shape index (κ2) is 5.84. The molecule has 0 saturated heterocycles. The van der Waals surface area contributed by atoms with Crippen molar-refractivity contribution in [1.82, 2.24) is 4.98 Å². The number of sulfonamides is 1. The number of nitro benzene ring substituents is 1. The SMILES string of the molecule is O=[N+]([O-])c1ccc(NS(=O)(=O)c2cnccc2Cl)cc1Cl. The number of benzene rings is 1. The van der Waals surface area contributed by atoms with Gasteiger partial charge in [0.25, 0.3) is 15.7 Å². The van der Waals surface area contributed by atoms with E-state index in [4.69, 9.17) is 23.2 Å². The third kappa shape index (κ3) is 3.41. The number of nitrogens with one attached hydrogen (secondary N) is 1. The molecule has 21 heavy (non-hydrogen) atoms. The molecule has 10 heteroatoms. The lowest BCUT2D eigenvalue weighted by Gasteiger charge is -2.09. The average Bonchev–Trinajstić information content (AvgIpc) is 2.38. The van der Waals surface area contributed by atoms with Crippen molar-refractivity contribution in [2.24, 2.45) is 0 Å². The highest BCUT2D eigenvalue weighted by atomic mass is 35.5. The van der Waals surface area contributed by atoms with E-state index in [1.54, 1.807) is 0 Å². The van der Waals surface area contributed by atoms with Gasteiger partial charge in [0.1, 0.15) is 9.92 Å². The molecule has 2 rings (SSSR count). The first-order valence-corrected chi connectivity index (χ1v) is 7.61. The summed E-state index contributed by atoms with van der Waals surface area (Å²) in [6, 6.07) is 4.80. The fourth-order valence-electron chi connectivity index (χ4n) is 1.49. The zero-order valence-electron chi connectivity index (χ0n) is 10.2. The molecule has 0 bridgehead atoms. The highest BCUT2D eigenvalue weighted by molar-refractivity contribution is 7.92. The second-order valence-electron chi connectivity index (χ2n) is 3.83. The summed E-state index contributed by atoms with van der Waals surface area (Å²) < 4.78 is 26.5. The van der Waals surface area contributed by atoms with E-state index in [1.165, 1.54) is 18.3 Å². The van der Waals surface area contributed by atoms with E-state index in [9.17, 15) is 18.5 Å². The Hall–Kier alpha value is -1.90. The maximum absolute atomic E-state index is 12.1. The van der Waals surface area contributed by atoms with Crippen molar-refractivity contribution in [3.8, 4) is 0 Å². The molecule has 0 aliphatic carbocycles. The van der Waals surface area contributed by atoms with Gasteiger partial charge in [-0.15, -0.1) is 0 Å². The monoisotopic (exact) mass is 347 g/mol. The lowest BCUT2D eigenvalue weighted by atomic mass is 10.3. The number of pyridine rings is 1. The van der Waals surface area contributed by atoms with Crippen LogP contribution in [0.2, 0.25) is 10.0 Å². The molecule has 1 heterocycles. The molecule has 1 aromatic carbocycles. The predicted octanol–water partition coefficient (Wildman–Crippen LogP) is 3.10. The van der Waals surface area contributed by atoms with Crippen LogP contribution in [-0.4, -0.2) is 18.3 Å². The van der Waals surface area contributed by atoms with Crippen molar-refractivity contribution >= 4 is 44.6 Å². The minimum absolute atomic E-state index is 0.00510. The Balaban J connectivity index is 2.36. The van der Waals surface area contributed by atoms with Crippen LogP contribution in [0.15, 0.2) is 41.6 Å². The Morgan fingerprint density at radius 2 is 1.90 bits per heavy atom. The molecule has 0 spiro atoms. The predicted molar refractivity (Wildman–Crippen MR) is 78.2 cm³/mol. The van der Waals surface area contributed by atoms with Crippen LogP contribution in [0, 0.1) is 10.1 Å². The van der Waals surface area contributed by atoms with Gasteiger partial charge < -0.3 is 0 Å². The molecule has 0 saturated carbocycles. The highest BCUT2D eigenvalue weighted by Gasteiger charge is 2.20. The summed E-state index contributed by atoms with van der Waals surface area (Å²) >= 11 is 11.5. The quantitative estimate of drug-likeness (QED) is 0.676. The molecule has 0 fully saturated rings. The van der Waals surface area contributed by atoms with E-state index < -0.39 is 14.9 Å². The number of anilines is 1. The minimum atomic E-state index is -3.97. The normalized spacial score (nSPS) is 11.1. The molecular weight excluding hydrogens is 341 g/mol. The van der Waals surface area contributed by atoms with Gasteiger partial charge in [-0.1, -0.05) is 23.2 Å². The molecule has 7 nitrogen and oxygen atoms in total. The number of hydrogen-bond acceptors (Lipinski definition) is 5. The highest BCUT2D eigenvalue weighted by Crippen LogP contribution is 2.29. The Labute approximate surface area is 129 Å². The van der Waals surface area contributed by atoms with Crippen molar-refractivity contribution in [1.29, 1.82) is 0 Å². The van der Waals surface area contributed by atoms with Crippen molar-refractivity contribution in [3.05, 3.63) is 56.8 Å². The van der Waals surface area contributed by atoms with Crippen molar-refractivity contribution < 1.29 is 13.3 Å². The molecule has 1 aromatic heterocycles. The summed E-state index contributed by atoms with van der Waals surface area (Å²) in [5, 5.41) is 10.5. The van der Waals surface area contributed by atoms with Crippen LogP contribution >= 0.6 is 23.2 Å². The first-order chi connectivity index (χ1) is 9.81. The maximum atomic E-state index is 12.1. The number of nitro groups is 1. The maximum Gasteiger partial charge on any atom is 0.288 e. The van der Waals surface area contributed by atoms with Gasteiger partial charge in [-0.2, -0.15) is 0 Å². The fourth-order valence-corrected chi connectivity index (χ4v) is 3.22. The molecule has 1 N–H and O–H groups in total. The minimum Gasteiger partial charge on any atom is -0.279 e. The summed E-state index contributed by atoms with van der Waals surface area (Å²) in [6.07, 6.45) is 2.45. The van der Waals surface area contributed by atoms with E-state index in [0.717, 1.165) is 18.3 Å². The van der Waals surface area contributed by atoms with Crippen LogP contribution in [0.3, 0.4) is 0 Å². The molecule has 0 atom stereocenters. The summed E-state index contributed by atoms with van der Waals surface area (Å²) in [5.74, 6) is 0. The Morgan fingerprint density at radius 3 is 2.48 bits per heavy atom. The molecule has 0 aliphatic rings. The number of halogens is 2. The van der Waals surface area contributed by atoms with E-state index in [1.807, 2.05) is 0 Å². The second-order valence-corrected chi connectivity index (χ2v) is 6.30. The van der Waals surface area contributed by atoms with Crippen LogP contribution in [0.5, 0.6) is 0 Å². The van der Waals surface area contributed by atoms with Crippen molar-refractivity contribution in [2.75, 3.05) is 4.72 Å². The Kier molecular flexibility index (Phi) is 4.31. The zero-order chi connectivity index (χ0) is 15.6. The summed E-state index contributed by atoms with van der Waals surface area (Å²) in [5.41, 5.74) is -0.246. The standard InChI is InChI=1S/C11H7Cl2N3O4S/c12-8-3-4-14-6-11(8)21(19,20)15-7-1-2-10(16(17)18)9(13)5-7/h1-6,15H. The van der Waals surface area contributed by atoms with Gasteiger partial charge in [0.2, 0.25) is 0 Å².